The molecule has 0 aliphatic heterocycles. The maximum atomic E-state index is 11.0. The molecule has 0 saturated carbocycles. The van der Waals surface area contributed by atoms with Gasteiger partial charge in [0.25, 0.3) is 0 Å². The first kappa shape index (κ1) is 14.1. The van der Waals surface area contributed by atoms with E-state index in [4.69, 9.17) is 9.84 Å². The molecule has 0 aliphatic carbocycles. The van der Waals surface area contributed by atoms with Crippen molar-refractivity contribution in [2.24, 2.45) is 0 Å². The number of nitrogens with one attached hydrogen (secondary N) is 1. The van der Waals surface area contributed by atoms with Gasteiger partial charge in [-0.05, 0) is 20.3 Å². The minimum atomic E-state index is -0.417. The molecule has 0 saturated heterocycles. The zero-order chi connectivity index (χ0) is 11.7. The lowest BCUT2D eigenvalue weighted by Crippen LogP contribution is -2.30. The number of rotatable bonds is 8. The van der Waals surface area contributed by atoms with Crippen LogP contribution in [0, 0.1) is 0 Å². The molecule has 0 fully saturated rings. The third kappa shape index (κ3) is 8.08. The van der Waals surface area contributed by atoms with E-state index in [1.165, 1.54) is 0 Å². The van der Waals surface area contributed by atoms with Gasteiger partial charge in [-0.15, -0.1) is 0 Å². The van der Waals surface area contributed by atoms with Crippen LogP contribution in [0.25, 0.3) is 0 Å². The van der Waals surface area contributed by atoms with Crippen LogP contribution in [-0.4, -0.2) is 42.7 Å². The molecule has 0 aromatic heterocycles. The van der Waals surface area contributed by atoms with Gasteiger partial charge in [0.1, 0.15) is 6.29 Å². The molecule has 0 atom stereocenters. The second-order valence-electron chi connectivity index (χ2n) is 3.80. The van der Waals surface area contributed by atoms with Crippen molar-refractivity contribution >= 4 is 12.2 Å². The third-order valence-electron chi connectivity index (χ3n) is 1.92. The summed E-state index contributed by atoms with van der Waals surface area (Å²) in [4.78, 5) is 21.0. The minimum Gasteiger partial charge on any atom is -0.396 e. The summed E-state index contributed by atoms with van der Waals surface area (Å²) in [5, 5.41) is 11.1. The second-order valence-corrected chi connectivity index (χ2v) is 3.80. The first-order chi connectivity index (χ1) is 7.02. The molecule has 15 heavy (non-hydrogen) atoms. The molecule has 5 heteroatoms. The topological polar surface area (TPSA) is 75.6 Å². The van der Waals surface area contributed by atoms with Crippen molar-refractivity contribution in [2.45, 2.75) is 32.3 Å². The Morgan fingerprint density at radius 2 is 2.20 bits per heavy atom. The lowest BCUT2D eigenvalue weighted by atomic mass is 10.1. The first-order valence-electron chi connectivity index (χ1n) is 4.97. The molecule has 2 N–H and O–H groups in total. The monoisotopic (exact) mass is 217 g/mol. The highest BCUT2D eigenvalue weighted by molar-refractivity contribution is 5.78. The molecule has 0 aliphatic rings. The molecule has 5 nitrogen and oxygen atoms in total. The van der Waals surface area contributed by atoms with Crippen molar-refractivity contribution in [3.63, 3.8) is 0 Å². The van der Waals surface area contributed by atoms with Gasteiger partial charge >= 0.3 is 0 Å². The van der Waals surface area contributed by atoms with Crippen molar-refractivity contribution in [1.82, 2.24) is 5.32 Å². The molecule has 0 heterocycles. The fourth-order valence-corrected chi connectivity index (χ4v) is 1.01. The van der Waals surface area contributed by atoms with Crippen LogP contribution in [0.2, 0.25) is 0 Å². The third-order valence-corrected chi connectivity index (χ3v) is 1.92. The Hall–Kier alpha value is -0.940. The molecule has 0 unspecified atom stereocenters. The highest BCUT2D eigenvalue weighted by Gasteiger charge is 2.17. The van der Waals surface area contributed by atoms with Gasteiger partial charge in [0.05, 0.1) is 18.8 Å². The van der Waals surface area contributed by atoms with Crippen LogP contribution in [-0.2, 0) is 14.3 Å². The fourth-order valence-electron chi connectivity index (χ4n) is 1.01. The van der Waals surface area contributed by atoms with E-state index < -0.39 is 5.60 Å². The van der Waals surface area contributed by atoms with E-state index in [1.54, 1.807) is 0 Å². The van der Waals surface area contributed by atoms with Crippen molar-refractivity contribution in [3.05, 3.63) is 0 Å². The van der Waals surface area contributed by atoms with E-state index in [0.717, 1.165) is 0 Å². The zero-order valence-electron chi connectivity index (χ0n) is 9.28. The maximum absolute atomic E-state index is 11.0. The predicted molar refractivity (Wildman–Crippen MR) is 55.4 cm³/mol. The van der Waals surface area contributed by atoms with E-state index in [1.807, 2.05) is 13.8 Å². The Balaban J connectivity index is 3.59. The van der Waals surface area contributed by atoms with Crippen molar-refractivity contribution < 1.29 is 19.4 Å². The summed E-state index contributed by atoms with van der Waals surface area (Å²) in [7, 11) is 0. The second kappa shape index (κ2) is 7.36. The standard InChI is InChI=1S/C10H19NO4/c1-10(2,4-6-12)15-8-3-9(14)11-5-7-13/h7,12H,3-6,8H2,1-2H3,(H,11,14). The molecule has 0 radical (unpaired) electrons. The number of aliphatic hydroxyl groups excluding tert-OH is 1. The molecule has 0 aromatic rings. The van der Waals surface area contributed by atoms with Crippen molar-refractivity contribution in [2.75, 3.05) is 19.8 Å². The van der Waals surface area contributed by atoms with E-state index in [9.17, 15) is 9.59 Å². The smallest absolute Gasteiger partial charge is 0.222 e. The molecule has 1 amide bonds. The van der Waals surface area contributed by atoms with Gasteiger partial charge in [-0.1, -0.05) is 0 Å². The quantitative estimate of drug-likeness (QED) is 0.555. The van der Waals surface area contributed by atoms with E-state index in [2.05, 4.69) is 5.32 Å². The molecular formula is C10H19NO4. The minimum absolute atomic E-state index is 0.0405. The first-order valence-corrected chi connectivity index (χ1v) is 4.97. The van der Waals surface area contributed by atoms with E-state index >= 15 is 0 Å². The molecule has 0 aromatic carbocycles. The number of carbonyl (C=O) groups excluding carboxylic acids is 2. The van der Waals surface area contributed by atoms with E-state index in [-0.39, 0.29) is 32.1 Å². The number of aldehydes is 1. The molecule has 88 valence electrons. The average Bonchev–Trinajstić information content (AvgIpc) is 2.14. The van der Waals surface area contributed by atoms with Crippen LogP contribution in [0.5, 0.6) is 0 Å². The molecular weight excluding hydrogens is 198 g/mol. The largest absolute Gasteiger partial charge is 0.396 e. The van der Waals surface area contributed by atoms with Crippen LogP contribution in [0.1, 0.15) is 26.7 Å². The predicted octanol–water partition coefficient (Wildman–Crippen LogP) is -0.131. The number of aliphatic hydroxyl groups is 1. The number of ether oxygens (including phenoxy) is 1. The lowest BCUT2D eigenvalue weighted by molar-refractivity contribution is -0.125. The zero-order valence-corrected chi connectivity index (χ0v) is 9.28. The van der Waals surface area contributed by atoms with Crippen molar-refractivity contribution in [3.8, 4) is 0 Å². The molecule has 0 bridgehead atoms. The fraction of sp³-hybridized carbons (Fsp3) is 0.800. The summed E-state index contributed by atoms with van der Waals surface area (Å²) in [5.41, 5.74) is -0.417. The highest BCUT2D eigenvalue weighted by atomic mass is 16.5. The highest BCUT2D eigenvalue weighted by Crippen LogP contribution is 2.13. The summed E-state index contributed by atoms with van der Waals surface area (Å²) in [6, 6.07) is 0. The molecule has 0 rings (SSSR count). The summed E-state index contributed by atoms with van der Waals surface area (Å²) in [6.07, 6.45) is 1.39. The van der Waals surface area contributed by atoms with Gasteiger partial charge in [0, 0.05) is 13.0 Å². The summed E-state index contributed by atoms with van der Waals surface area (Å²) in [6.45, 7) is 4.10. The van der Waals surface area contributed by atoms with Gasteiger partial charge < -0.3 is 20.0 Å². The van der Waals surface area contributed by atoms with Gasteiger partial charge in [-0.2, -0.15) is 0 Å². The Kier molecular flexibility index (Phi) is 6.90. The van der Waals surface area contributed by atoms with Gasteiger partial charge in [-0.3, -0.25) is 4.79 Å². The van der Waals surface area contributed by atoms with Crippen LogP contribution >= 0.6 is 0 Å². The lowest BCUT2D eigenvalue weighted by Gasteiger charge is -2.24. The maximum Gasteiger partial charge on any atom is 0.222 e. The van der Waals surface area contributed by atoms with E-state index in [0.29, 0.717) is 12.7 Å². The Morgan fingerprint density at radius 1 is 1.53 bits per heavy atom. The number of hydrogen-bond acceptors (Lipinski definition) is 4. The Bertz CT molecular complexity index is 204. The van der Waals surface area contributed by atoms with Crippen LogP contribution in [0.4, 0.5) is 0 Å². The Morgan fingerprint density at radius 3 is 2.73 bits per heavy atom. The summed E-state index contributed by atoms with van der Waals surface area (Å²) in [5.74, 6) is -0.207. The normalized spacial score (nSPS) is 11.1. The molecule has 0 spiro atoms. The Labute approximate surface area is 89.8 Å². The van der Waals surface area contributed by atoms with Crippen molar-refractivity contribution in [1.29, 1.82) is 0 Å². The summed E-state index contributed by atoms with van der Waals surface area (Å²) < 4.78 is 5.41. The number of amides is 1. The van der Waals surface area contributed by atoms with Crippen LogP contribution in [0.3, 0.4) is 0 Å². The average molecular weight is 217 g/mol. The summed E-state index contributed by atoms with van der Waals surface area (Å²) >= 11 is 0. The van der Waals surface area contributed by atoms with Crippen LogP contribution < -0.4 is 5.32 Å². The van der Waals surface area contributed by atoms with Gasteiger partial charge in [-0.25, -0.2) is 0 Å². The van der Waals surface area contributed by atoms with Gasteiger partial charge in [0.2, 0.25) is 5.91 Å². The van der Waals surface area contributed by atoms with Crippen LogP contribution in [0.15, 0.2) is 0 Å². The number of carbonyl (C=O) groups is 2. The van der Waals surface area contributed by atoms with Gasteiger partial charge in [0.15, 0.2) is 0 Å². The number of hydrogen-bond donors (Lipinski definition) is 2. The SMILES string of the molecule is CC(C)(CCO)OCCC(=O)NCC=O.